The zero-order chi connectivity index (χ0) is 24.5. The van der Waals surface area contributed by atoms with Gasteiger partial charge in [0.2, 0.25) is 0 Å². The number of aromatic nitrogens is 1. The summed E-state index contributed by atoms with van der Waals surface area (Å²) in [6.45, 7) is 0. The lowest BCUT2D eigenvalue weighted by atomic mass is 9.96. The van der Waals surface area contributed by atoms with Gasteiger partial charge in [0.1, 0.15) is 20.3 Å². The van der Waals surface area contributed by atoms with Crippen LogP contribution in [0.1, 0.15) is 57.0 Å². The number of nitrogens with zero attached hydrogens (tertiary/aromatic N) is 1. The Bertz CT molecular complexity index is 1430. The van der Waals surface area contributed by atoms with Crippen LogP contribution in [0.3, 0.4) is 0 Å². The van der Waals surface area contributed by atoms with E-state index >= 15 is 0 Å². The zero-order valence-electron chi connectivity index (χ0n) is 19.2. The Kier molecular flexibility index (Phi) is 6.77. The van der Waals surface area contributed by atoms with Gasteiger partial charge in [-0.2, -0.15) is 0 Å². The number of amides is 1. The average molecular weight is 526 g/mol. The Morgan fingerprint density at radius 1 is 1.11 bits per heavy atom. The predicted molar refractivity (Wildman–Crippen MR) is 144 cm³/mol. The maximum absolute atomic E-state index is 13.3. The number of pyridine rings is 1. The Labute approximate surface area is 216 Å². The van der Waals surface area contributed by atoms with Gasteiger partial charge in [0.05, 0.1) is 12.8 Å². The molecule has 35 heavy (non-hydrogen) atoms. The van der Waals surface area contributed by atoms with E-state index in [9.17, 15) is 9.59 Å². The summed E-state index contributed by atoms with van der Waals surface area (Å²) in [7, 11) is 1.32. The summed E-state index contributed by atoms with van der Waals surface area (Å²) in [5, 5.41) is 6.53. The molecule has 0 saturated carbocycles. The maximum Gasteiger partial charge on any atom is 0.341 e. The minimum absolute atomic E-state index is 0.300. The largest absolute Gasteiger partial charge is 0.465 e. The van der Waals surface area contributed by atoms with Crippen LogP contribution in [0.2, 0.25) is 5.02 Å². The van der Waals surface area contributed by atoms with E-state index in [4.69, 9.17) is 27.1 Å². The van der Waals surface area contributed by atoms with Crippen molar-refractivity contribution in [1.29, 1.82) is 0 Å². The number of benzene rings is 1. The highest BCUT2D eigenvalue weighted by Crippen LogP contribution is 2.39. The van der Waals surface area contributed by atoms with Crippen molar-refractivity contribution in [3.05, 3.63) is 62.4 Å². The Morgan fingerprint density at radius 2 is 1.86 bits per heavy atom. The fourth-order valence-corrected chi connectivity index (χ4v) is 6.51. The predicted octanol–water partition coefficient (Wildman–Crippen LogP) is 6.96. The smallest absolute Gasteiger partial charge is 0.341 e. The van der Waals surface area contributed by atoms with E-state index < -0.39 is 5.97 Å². The highest BCUT2D eigenvalue weighted by Gasteiger charge is 2.25. The van der Waals surface area contributed by atoms with Crippen LogP contribution in [0, 0.1) is 0 Å². The summed E-state index contributed by atoms with van der Waals surface area (Å²) in [6, 6.07) is 9.26. The lowest BCUT2D eigenvalue weighted by Gasteiger charge is -2.12. The van der Waals surface area contributed by atoms with E-state index in [-0.39, 0.29) is 5.91 Å². The fraction of sp³-hybridized carbons (Fsp3) is 0.269. The summed E-state index contributed by atoms with van der Waals surface area (Å²) >= 11 is 8.56. The molecule has 0 bridgehead atoms. The molecule has 0 unspecified atom stereocenters. The third-order valence-corrected chi connectivity index (χ3v) is 8.53. The molecule has 0 saturated heterocycles. The second-order valence-corrected chi connectivity index (χ2v) is 10.8. The van der Waals surface area contributed by atoms with Crippen LogP contribution in [0.15, 0.2) is 35.7 Å². The van der Waals surface area contributed by atoms with Crippen molar-refractivity contribution >= 4 is 67.1 Å². The standard InChI is InChI=1S/C26H24ClN3O3S2/c1-33-26(32)20-18(14-8-10-16(27)11-9-14)13-34-25(20)30-23(31)22-21(28)17-12-15-6-4-2-3-5-7-19(15)29-24(17)35-22/h8-13H,2-7,28H2,1H3,(H,30,31). The summed E-state index contributed by atoms with van der Waals surface area (Å²) < 4.78 is 5.02. The third kappa shape index (κ3) is 4.66. The first kappa shape index (κ1) is 23.8. The third-order valence-electron chi connectivity index (χ3n) is 6.27. The molecule has 5 rings (SSSR count). The van der Waals surface area contributed by atoms with Gasteiger partial charge in [-0.05, 0) is 55.0 Å². The van der Waals surface area contributed by atoms with Crippen molar-refractivity contribution in [3.8, 4) is 11.1 Å². The number of ether oxygens (including phenoxy) is 1. The van der Waals surface area contributed by atoms with Crippen molar-refractivity contribution in [2.24, 2.45) is 0 Å². The second-order valence-electron chi connectivity index (χ2n) is 8.51. The molecule has 3 aromatic heterocycles. The van der Waals surface area contributed by atoms with E-state index in [2.05, 4.69) is 11.4 Å². The number of anilines is 2. The summed E-state index contributed by atoms with van der Waals surface area (Å²) in [4.78, 5) is 32.0. The van der Waals surface area contributed by atoms with Gasteiger partial charge >= 0.3 is 5.97 Å². The molecule has 4 aromatic rings. The van der Waals surface area contributed by atoms with E-state index in [0.29, 0.717) is 31.7 Å². The Balaban J connectivity index is 1.49. The molecule has 1 aliphatic carbocycles. The fourth-order valence-electron chi connectivity index (χ4n) is 4.44. The second kappa shape index (κ2) is 9.97. The van der Waals surface area contributed by atoms with Crippen LogP contribution in [0.25, 0.3) is 21.3 Å². The first-order valence-corrected chi connectivity index (χ1v) is 13.5. The number of hydrogen-bond acceptors (Lipinski definition) is 7. The average Bonchev–Trinajstić information content (AvgIpc) is 3.40. The summed E-state index contributed by atoms with van der Waals surface area (Å²) in [5.74, 6) is -0.898. The molecule has 180 valence electrons. The number of halogens is 1. The van der Waals surface area contributed by atoms with Gasteiger partial charge in [-0.25, -0.2) is 9.78 Å². The van der Waals surface area contributed by atoms with Crippen LogP contribution in [-0.4, -0.2) is 24.0 Å². The number of rotatable bonds is 4. The molecule has 1 aromatic carbocycles. The van der Waals surface area contributed by atoms with Crippen molar-refractivity contribution in [2.75, 3.05) is 18.2 Å². The molecule has 0 aliphatic heterocycles. The van der Waals surface area contributed by atoms with E-state index in [1.807, 2.05) is 17.5 Å². The highest BCUT2D eigenvalue weighted by molar-refractivity contribution is 7.21. The number of nitrogen functional groups attached to an aromatic ring is 1. The summed E-state index contributed by atoms with van der Waals surface area (Å²) in [6.07, 6.45) is 6.66. The maximum atomic E-state index is 13.3. The molecule has 1 amide bonds. The van der Waals surface area contributed by atoms with Crippen LogP contribution in [0.4, 0.5) is 10.7 Å². The van der Waals surface area contributed by atoms with Crippen molar-refractivity contribution in [3.63, 3.8) is 0 Å². The number of nitrogens with two attached hydrogens (primary N) is 1. The van der Waals surface area contributed by atoms with Crippen molar-refractivity contribution < 1.29 is 14.3 Å². The number of carbonyl (C=O) groups excluding carboxylic acids is 2. The van der Waals surface area contributed by atoms with Crippen molar-refractivity contribution in [2.45, 2.75) is 38.5 Å². The number of nitrogens with one attached hydrogen (secondary N) is 1. The molecule has 6 nitrogen and oxygen atoms in total. The van der Waals surface area contributed by atoms with Crippen LogP contribution in [-0.2, 0) is 17.6 Å². The first-order chi connectivity index (χ1) is 17.0. The number of esters is 1. The Morgan fingerprint density at radius 3 is 2.60 bits per heavy atom. The van der Waals surface area contributed by atoms with E-state index in [1.54, 1.807) is 12.1 Å². The number of carbonyl (C=O) groups is 2. The molecule has 0 atom stereocenters. The topological polar surface area (TPSA) is 94.3 Å². The highest BCUT2D eigenvalue weighted by atomic mass is 35.5. The van der Waals surface area contributed by atoms with Gasteiger partial charge < -0.3 is 15.8 Å². The number of aryl methyl sites for hydroxylation is 2. The molecule has 3 heterocycles. The van der Waals surface area contributed by atoms with Gasteiger partial charge in [-0.15, -0.1) is 22.7 Å². The van der Waals surface area contributed by atoms with E-state index in [1.165, 1.54) is 48.2 Å². The van der Waals surface area contributed by atoms with E-state index in [0.717, 1.165) is 47.2 Å². The normalized spacial score (nSPS) is 13.7. The number of methoxy groups -OCH3 is 1. The van der Waals surface area contributed by atoms with Crippen LogP contribution >= 0.6 is 34.3 Å². The van der Waals surface area contributed by atoms with Crippen LogP contribution in [0.5, 0.6) is 0 Å². The molecule has 0 spiro atoms. The molecule has 3 N–H and O–H groups in total. The first-order valence-electron chi connectivity index (χ1n) is 11.4. The van der Waals surface area contributed by atoms with Gasteiger partial charge in [-0.3, -0.25) is 4.79 Å². The minimum Gasteiger partial charge on any atom is -0.465 e. The molecule has 1 aliphatic rings. The quantitative estimate of drug-likeness (QED) is 0.281. The molecule has 0 fully saturated rings. The number of thiophene rings is 2. The number of hydrogen-bond donors (Lipinski definition) is 2. The van der Waals surface area contributed by atoms with Crippen LogP contribution < -0.4 is 11.1 Å². The lowest BCUT2D eigenvalue weighted by Crippen LogP contribution is -2.14. The lowest BCUT2D eigenvalue weighted by molar-refractivity contribution is 0.0603. The van der Waals surface area contributed by atoms with Gasteiger partial charge in [-0.1, -0.05) is 36.6 Å². The van der Waals surface area contributed by atoms with Gasteiger partial charge in [0.25, 0.3) is 5.91 Å². The Hall–Kier alpha value is -2.94. The van der Waals surface area contributed by atoms with Gasteiger partial charge in [0.15, 0.2) is 0 Å². The monoisotopic (exact) mass is 525 g/mol. The molecule has 0 radical (unpaired) electrons. The summed E-state index contributed by atoms with van der Waals surface area (Å²) in [5.41, 5.74) is 11.0. The van der Waals surface area contributed by atoms with Crippen molar-refractivity contribution in [1.82, 2.24) is 4.98 Å². The zero-order valence-corrected chi connectivity index (χ0v) is 21.5. The number of fused-ring (bicyclic) bond motifs is 2. The SMILES string of the molecule is COC(=O)c1c(-c2ccc(Cl)cc2)csc1NC(=O)c1sc2nc3c(cc2c1N)CCCCCC3. The molecule has 9 heteroatoms. The molecular formula is C26H24ClN3O3S2. The molecular weight excluding hydrogens is 502 g/mol. The van der Waals surface area contributed by atoms with Gasteiger partial charge in [0, 0.05) is 27.0 Å². The minimum atomic E-state index is -0.530.